The van der Waals surface area contributed by atoms with Crippen molar-refractivity contribution in [2.24, 2.45) is 0 Å². The van der Waals surface area contributed by atoms with Gasteiger partial charge in [0, 0.05) is 5.02 Å². The first kappa shape index (κ1) is 17.3. The van der Waals surface area contributed by atoms with Crippen molar-refractivity contribution in [3.8, 4) is 0 Å². The number of hydrogen-bond donors (Lipinski definition) is 3. The molecule has 1 atom stereocenters. The molecule has 0 spiro atoms. The van der Waals surface area contributed by atoms with Crippen molar-refractivity contribution in [1.82, 2.24) is 5.32 Å². The van der Waals surface area contributed by atoms with Crippen LogP contribution in [0.2, 0.25) is 10.0 Å². The normalized spacial score (nSPS) is 11.9. The average molecular weight is 357 g/mol. The van der Waals surface area contributed by atoms with Crippen molar-refractivity contribution in [3.63, 3.8) is 0 Å². The fourth-order valence-electron chi connectivity index (χ4n) is 1.86. The van der Waals surface area contributed by atoms with E-state index in [9.17, 15) is 14.7 Å². The maximum Gasteiger partial charge on any atom is 0.321 e. The number of carboxylic acid groups (broad SMARTS) is 1. The van der Waals surface area contributed by atoms with E-state index in [1.807, 2.05) is 0 Å². The molecule has 0 bridgehead atoms. The van der Waals surface area contributed by atoms with Gasteiger partial charge >= 0.3 is 5.97 Å². The molecular weight excluding hydrogens is 343 g/mol. The number of furan rings is 1. The average Bonchev–Trinajstić information content (AvgIpc) is 3.00. The molecule has 0 aliphatic heterocycles. The van der Waals surface area contributed by atoms with Gasteiger partial charge in [-0.25, -0.2) is 0 Å². The largest absolute Gasteiger partial charge is 0.480 e. The highest BCUT2D eigenvalue weighted by Crippen LogP contribution is 2.25. The molecule has 0 radical (unpaired) electrons. The van der Waals surface area contributed by atoms with Crippen molar-refractivity contribution in [3.05, 3.63) is 52.4 Å². The number of carbonyl (C=O) groups is 2. The molecule has 1 aromatic carbocycles. The standard InChI is InChI=1S/C15H14Cl2N2O4/c16-9-3-4-11(17)12(6-9)19-14(20)7-13(15(21)22)18-8-10-2-1-5-23-10/h1-6,13,18H,7-8H2,(H,19,20)(H,21,22)/t13-/m0/s1. The third-order valence-corrected chi connectivity index (χ3v) is 3.56. The van der Waals surface area contributed by atoms with Gasteiger partial charge in [-0.05, 0) is 30.3 Å². The van der Waals surface area contributed by atoms with E-state index in [0.29, 0.717) is 21.5 Å². The molecule has 0 aliphatic carbocycles. The van der Waals surface area contributed by atoms with E-state index in [1.54, 1.807) is 24.3 Å². The van der Waals surface area contributed by atoms with Gasteiger partial charge in [0.25, 0.3) is 0 Å². The Morgan fingerprint density at radius 2 is 2.04 bits per heavy atom. The maximum absolute atomic E-state index is 12.0. The van der Waals surface area contributed by atoms with E-state index >= 15 is 0 Å². The highest BCUT2D eigenvalue weighted by atomic mass is 35.5. The van der Waals surface area contributed by atoms with E-state index in [1.165, 1.54) is 12.3 Å². The van der Waals surface area contributed by atoms with Crippen molar-refractivity contribution in [2.45, 2.75) is 19.0 Å². The molecule has 1 aromatic heterocycles. The maximum atomic E-state index is 12.0. The molecule has 122 valence electrons. The predicted octanol–water partition coefficient (Wildman–Crippen LogP) is 3.16. The number of hydrogen-bond acceptors (Lipinski definition) is 4. The molecule has 8 heteroatoms. The van der Waals surface area contributed by atoms with Crippen LogP contribution in [0.15, 0.2) is 41.0 Å². The molecule has 3 N–H and O–H groups in total. The second-order valence-corrected chi connectivity index (χ2v) is 5.57. The van der Waals surface area contributed by atoms with Crippen LogP contribution >= 0.6 is 23.2 Å². The monoisotopic (exact) mass is 356 g/mol. The molecular formula is C15H14Cl2N2O4. The van der Waals surface area contributed by atoms with E-state index in [2.05, 4.69) is 10.6 Å². The molecule has 0 saturated heterocycles. The first-order valence-electron chi connectivity index (χ1n) is 6.69. The van der Waals surface area contributed by atoms with Gasteiger partial charge in [0.2, 0.25) is 5.91 Å². The number of anilines is 1. The van der Waals surface area contributed by atoms with E-state index in [4.69, 9.17) is 27.6 Å². The Labute approximate surface area is 142 Å². The van der Waals surface area contributed by atoms with E-state index < -0.39 is 17.9 Å². The first-order valence-corrected chi connectivity index (χ1v) is 7.45. The summed E-state index contributed by atoms with van der Waals surface area (Å²) >= 11 is 11.8. The third-order valence-electron chi connectivity index (χ3n) is 2.99. The van der Waals surface area contributed by atoms with Crippen LogP contribution in [0.3, 0.4) is 0 Å². The molecule has 2 rings (SSSR count). The van der Waals surface area contributed by atoms with Gasteiger partial charge in [0.1, 0.15) is 11.8 Å². The summed E-state index contributed by atoms with van der Waals surface area (Å²) in [5, 5.41) is 15.2. The number of halogens is 2. The molecule has 23 heavy (non-hydrogen) atoms. The lowest BCUT2D eigenvalue weighted by Gasteiger charge is -2.14. The SMILES string of the molecule is O=C(C[C@H](NCc1ccco1)C(=O)O)Nc1cc(Cl)ccc1Cl. The fourth-order valence-corrected chi connectivity index (χ4v) is 2.20. The molecule has 6 nitrogen and oxygen atoms in total. The minimum atomic E-state index is -1.14. The van der Waals surface area contributed by atoms with Crippen LogP contribution in [0.5, 0.6) is 0 Å². The number of aliphatic carboxylic acids is 1. The lowest BCUT2D eigenvalue weighted by Crippen LogP contribution is -2.39. The van der Waals surface area contributed by atoms with Gasteiger partial charge in [-0.15, -0.1) is 0 Å². The van der Waals surface area contributed by atoms with Crippen LogP contribution < -0.4 is 10.6 Å². The summed E-state index contributed by atoms with van der Waals surface area (Å²) < 4.78 is 5.11. The molecule has 2 aromatic rings. The number of benzene rings is 1. The van der Waals surface area contributed by atoms with Gasteiger partial charge < -0.3 is 14.8 Å². The van der Waals surface area contributed by atoms with Crippen molar-refractivity contribution in [2.75, 3.05) is 5.32 Å². The van der Waals surface area contributed by atoms with Gasteiger partial charge in [0.05, 0.1) is 29.9 Å². The van der Waals surface area contributed by atoms with Crippen molar-refractivity contribution < 1.29 is 19.1 Å². The third kappa shape index (κ3) is 5.28. The molecule has 0 fully saturated rings. The van der Waals surface area contributed by atoms with Gasteiger partial charge in [-0.1, -0.05) is 23.2 Å². The smallest absolute Gasteiger partial charge is 0.321 e. The quantitative estimate of drug-likeness (QED) is 0.708. The summed E-state index contributed by atoms with van der Waals surface area (Å²) in [5.74, 6) is -1.05. The minimum absolute atomic E-state index is 0.204. The molecule has 0 unspecified atom stereocenters. The van der Waals surface area contributed by atoms with E-state index in [0.717, 1.165) is 0 Å². The topological polar surface area (TPSA) is 91.6 Å². The Morgan fingerprint density at radius 3 is 2.70 bits per heavy atom. The summed E-state index contributed by atoms with van der Waals surface area (Å²) in [7, 11) is 0. The van der Waals surface area contributed by atoms with Crippen LogP contribution in [0.1, 0.15) is 12.2 Å². The summed E-state index contributed by atoms with van der Waals surface area (Å²) in [6.07, 6.45) is 1.22. The fraction of sp³-hybridized carbons (Fsp3) is 0.200. The predicted molar refractivity (Wildman–Crippen MR) is 86.7 cm³/mol. The number of amides is 1. The molecule has 1 amide bonds. The summed E-state index contributed by atoms with van der Waals surface area (Å²) in [6.45, 7) is 0.204. The summed E-state index contributed by atoms with van der Waals surface area (Å²) in [4.78, 5) is 23.3. The number of nitrogens with one attached hydrogen (secondary N) is 2. The zero-order chi connectivity index (χ0) is 16.8. The van der Waals surface area contributed by atoms with Gasteiger partial charge in [-0.3, -0.25) is 14.9 Å². The van der Waals surface area contributed by atoms with Crippen LogP contribution in [-0.2, 0) is 16.1 Å². The Balaban J connectivity index is 1.94. The highest BCUT2D eigenvalue weighted by Gasteiger charge is 2.21. The lowest BCUT2D eigenvalue weighted by atomic mass is 10.2. The zero-order valence-electron chi connectivity index (χ0n) is 11.9. The van der Waals surface area contributed by atoms with Crippen LogP contribution in [0.25, 0.3) is 0 Å². The number of rotatable bonds is 7. The summed E-state index contributed by atoms with van der Waals surface area (Å²) in [6, 6.07) is 6.97. The number of carboxylic acids is 1. The summed E-state index contributed by atoms with van der Waals surface area (Å²) in [5.41, 5.74) is 0.333. The Bertz CT molecular complexity index is 689. The zero-order valence-corrected chi connectivity index (χ0v) is 13.4. The molecule has 1 heterocycles. The molecule has 0 aliphatic rings. The Kier molecular flexibility index (Phi) is 6.04. The minimum Gasteiger partial charge on any atom is -0.480 e. The highest BCUT2D eigenvalue weighted by molar-refractivity contribution is 6.35. The van der Waals surface area contributed by atoms with Crippen molar-refractivity contribution >= 4 is 40.8 Å². The Morgan fingerprint density at radius 1 is 1.26 bits per heavy atom. The first-order chi connectivity index (χ1) is 11.0. The van der Waals surface area contributed by atoms with Gasteiger partial charge in [0.15, 0.2) is 0 Å². The van der Waals surface area contributed by atoms with E-state index in [-0.39, 0.29) is 13.0 Å². The second kappa shape index (κ2) is 8.01. The van der Waals surface area contributed by atoms with Crippen LogP contribution in [0.4, 0.5) is 5.69 Å². The van der Waals surface area contributed by atoms with Gasteiger partial charge in [-0.2, -0.15) is 0 Å². The van der Waals surface area contributed by atoms with Crippen LogP contribution in [0, 0.1) is 0 Å². The Hall–Kier alpha value is -2.02. The molecule has 0 saturated carbocycles. The second-order valence-electron chi connectivity index (χ2n) is 4.73. The van der Waals surface area contributed by atoms with Crippen LogP contribution in [-0.4, -0.2) is 23.0 Å². The van der Waals surface area contributed by atoms with Crippen molar-refractivity contribution in [1.29, 1.82) is 0 Å². The number of carbonyl (C=O) groups excluding carboxylic acids is 1. The lowest BCUT2D eigenvalue weighted by molar-refractivity contribution is -0.141.